The van der Waals surface area contributed by atoms with Gasteiger partial charge in [0.2, 0.25) is 10.0 Å². The highest BCUT2D eigenvalue weighted by Gasteiger charge is 2.18. The second kappa shape index (κ2) is 12.9. The number of nitrogen functional groups attached to an aromatic ring is 1. The third-order valence-electron chi connectivity index (χ3n) is 6.17. The van der Waals surface area contributed by atoms with E-state index >= 15 is 0 Å². The molecule has 4 rings (SSSR count). The van der Waals surface area contributed by atoms with E-state index in [-0.39, 0.29) is 29.5 Å². The van der Waals surface area contributed by atoms with E-state index in [4.69, 9.17) is 20.6 Å². The maximum atomic E-state index is 12.8. The van der Waals surface area contributed by atoms with Crippen molar-refractivity contribution >= 4 is 32.9 Å². The second-order valence-corrected chi connectivity index (χ2v) is 10.6. The maximum absolute atomic E-state index is 12.8. The number of amidine groups is 1. The molecule has 0 aromatic heterocycles. The lowest BCUT2D eigenvalue weighted by Gasteiger charge is -2.26. The highest BCUT2D eigenvalue weighted by Crippen LogP contribution is 2.35. The predicted octanol–water partition coefficient (Wildman–Crippen LogP) is 4.58. The first kappa shape index (κ1) is 29.1. The van der Waals surface area contributed by atoms with Crippen molar-refractivity contribution in [3.63, 3.8) is 0 Å². The van der Waals surface area contributed by atoms with E-state index in [2.05, 4.69) is 4.72 Å². The summed E-state index contributed by atoms with van der Waals surface area (Å²) in [6.07, 6.45) is 0. The number of benzene rings is 4. The van der Waals surface area contributed by atoms with Gasteiger partial charge in [-0.1, -0.05) is 30.3 Å². The van der Waals surface area contributed by atoms with Gasteiger partial charge in [-0.3, -0.25) is 15.5 Å². The van der Waals surface area contributed by atoms with Gasteiger partial charge in [0.15, 0.2) is 11.5 Å². The van der Waals surface area contributed by atoms with Crippen LogP contribution >= 0.6 is 0 Å². The highest BCUT2D eigenvalue weighted by atomic mass is 32.2. The van der Waals surface area contributed by atoms with Gasteiger partial charge >= 0.3 is 0 Å². The average Bonchev–Trinajstić information content (AvgIpc) is 2.99. The lowest BCUT2D eigenvalue weighted by Crippen LogP contribution is -2.32. The van der Waals surface area contributed by atoms with Gasteiger partial charge in [0, 0.05) is 48.2 Å². The Morgan fingerprint density at radius 1 is 0.951 bits per heavy atom. The minimum Gasteiger partial charge on any atom is -0.493 e. The molecule has 4 aromatic carbocycles. The van der Waals surface area contributed by atoms with E-state index in [0.29, 0.717) is 29.4 Å². The summed E-state index contributed by atoms with van der Waals surface area (Å²) in [6, 6.07) is 26.8. The molecule has 41 heavy (non-hydrogen) atoms. The van der Waals surface area contributed by atoms with Gasteiger partial charge in [-0.15, -0.1) is 0 Å². The first-order chi connectivity index (χ1) is 19.7. The summed E-state index contributed by atoms with van der Waals surface area (Å²) in [6.45, 7) is 0.596. The molecule has 0 aliphatic heterocycles. The normalized spacial score (nSPS) is 11.0. The van der Waals surface area contributed by atoms with Crippen LogP contribution in [-0.4, -0.2) is 39.4 Å². The molecule has 0 radical (unpaired) electrons. The Morgan fingerprint density at radius 2 is 1.61 bits per heavy atom. The van der Waals surface area contributed by atoms with Crippen LogP contribution in [0, 0.1) is 15.5 Å². The molecule has 11 nitrogen and oxygen atoms in total. The first-order valence-electron chi connectivity index (χ1n) is 12.5. The van der Waals surface area contributed by atoms with E-state index in [1.807, 2.05) is 41.3 Å². The van der Waals surface area contributed by atoms with Gasteiger partial charge in [0.1, 0.15) is 12.4 Å². The van der Waals surface area contributed by atoms with Gasteiger partial charge in [-0.25, -0.2) is 13.1 Å². The van der Waals surface area contributed by atoms with Gasteiger partial charge in [0.25, 0.3) is 5.69 Å². The van der Waals surface area contributed by atoms with Crippen LogP contribution in [-0.2, 0) is 16.6 Å². The second-order valence-electron chi connectivity index (χ2n) is 8.87. The molecule has 0 unspecified atom stereocenters. The molecule has 0 saturated carbocycles. The van der Waals surface area contributed by atoms with E-state index in [0.717, 1.165) is 23.4 Å². The number of sulfonamides is 1. The summed E-state index contributed by atoms with van der Waals surface area (Å²) in [5.74, 6) is 0.974. The quantitative estimate of drug-likeness (QED) is 0.0903. The van der Waals surface area contributed by atoms with Crippen LogP contribution in [0.2, 0.25) is 0 Å². The Labute approximate surface area is 237 Å². The van der Waals surface area contributed by atoms with Gasteiger partial charge < -0.3 is 20.1 Å². The molecular formula is C29H29N5O6S. The zero-order valence-electron chi connectivity index (χ0n) is 22.2. The van der Waals surface area contributed by atoms with E-state index in [9.17, 15) is 18.5 Å². The number of nitrogens with two attached hydrogens (primary N) is 1. The van der Waals surface area contributed by atoms with Crippen LogP contribution in [0.1, 0.15) is 11.1 Å². The monoisotopic (exact) mass is 575 g/mol. The minimum atomic E-state index is -3.92. The van der Waals surface area contributed by atoms with Crippen LogP contribution in [0.4, 0.5) is 17.1 Å². The molecule has 0 fully saturated rings. The summed E-state index contributed by atoms with van der Waals surface area (Å²) in [4.78, 5) is 12.1. The number of hydrogen-bond donors (Lipinski definition) is 3. The predicted molar refractivity (Wildman–Crippen MR) is 157 cm³/mol. The molecule has 0 atom stereocenters. The van der Waals surface area contributed by atoms with Crippen molar-refractivity contribution in [2.45, 2.75) is 11.5 Å². The fraction of sp³-hybridized carbons (Fsp3) is 0.138. The fourth-order valence-electron chi connectivity index (χ4n) is 4.03. The minimum absolute atomic E-state index is 0.0162. The lowest BCUT2D eigenvalue weighted by atomic mass is 10.1. The highest BCUT2D eigenvalue weighted by molar-refractivity contribution is 7.89. The molecular weight excluding hydrogens is 546 g/mol. The Kier molecular flexibility index (Phi) is 9.17. The number of nitro benzene ring substituents is 1. The van der Waals surface area contributed by atoms with Crippen LogP contribution in [0.3, 0.4) is 0 Å². The molecule has 4 aromatic rings. The first-order valence-corrected chi connectivity index (χ1v) is 14.0. The zero-order chi connectivity index (χ0) is 29.4. The molecule has 12 heteroatoms. The third-order valence-corrected chi connectivity index (χ3v) is 7.65. The smallest absolute Gasteiger partial charge is 0.269 e. The Hall–Kier alpha value is -4.94. The molecule has 0 aliphatic rings. The largest absolute Gasteiger partial charge is 0.493 e. The van der Waals surface area contributed by atoms with E-state index in [1.165, 1.54) is 12.1 Å². The number of nitrogens with zero attached hydrogens (tertiary/aromatic N) is 2. The molecule has 0 bridgehead atoms. The molecule has 0 saturated heterocycles. The number of anilines is 2. The van der Waals surface area contributed by atoms with Crippen molar-refractivity contribution in [3.8, 4) is 11.5 Å². The topological polar surface area (TPSA) is 161 Å². The van der Waals surface area contributed by atoms with Crippen molar-refractivity contribution in [2.24, 2.45) is 5.73 Å². The summed E-state index contributed by atoms with van der Waals surface area (Å²) < 4.78 is 39.8. The standard InChI is InChI=1S/C29H29N5O6S/c1-39-28-19-25(13-16-27(28)40-20-21-5-3-2-4-6-21)33(23-9-7-22(8-10-23)29(30)31)18-17-32-41(37,38)26-14-11-24(12-15-26)34(35)36/h2-16,19,32H,17-18,20H2,1H3,(H3,30,31). The summed E-state index contributed by atoms with van der Waals surface area (Å²) in [5.41, 5.74) is 8.40. The van der Waals surface area contributed by atoms with Crippen LogP contribution in [0.15, 0.2) is 102 Å². The number of nitrogens with one attached hydrogen (secondary N) is 2. The Morgan fingerprint density at radius 3 is 2.22 bits per heavy atom. The number of non-ortho nitro benzene ring substituents is 1. The van der Waals surface area contributed by atoms with E-state index in [1.54, 1.807) is 43.5 Å². The molecule has 4 N–H and O–H groups in total. The molecule has 0 amide bonds. The third kappa shape index (κ3) is 7.38. The van der Waals surface area contributed by atoms with Crippen molar-refractivity contribution in [3.05, 3.63) is 118 Å². The fourth-order valence-corrected chi connectivity index (χ4v) is 5.05. The average molecular weight is 576 g/mol. The Bertz CT molecular complexity index is 1610. The lowest BCUT2D eigenvalue weighted by molar-refractivity contribution is -0.384. The number of hydrogen-bond acceptors (Lipinski definition) is 8. The summed E-state index contributed by atoms with van der Waals surface area (Å²) >= 11 is 0. The Balaban J connectivity index is 1.56. The number of ether oxygens (including phenoxy) is 2. The van der Waals surface area contributed by atoms with Gasteiger partial charge in [-0.05, 0) is 54.1 Å². The molecule has 0 spiro atoms. The SMILES string of the molecule is COc1cc(N(CCNS(=O)(=O)c2ccc([N+](=O)[O-])cc2)c2ccc(C(=N)N)cc2)ccc1OCc1ccccc1. The molecule has 212 valence electrons. The summed E-state index contributed by atoms with van der Waals surface area (Å²) in [5, 5.41) is 18.6. The van der Waals surface area contributed by atoms with Gasteiger partial charge in [0.05, 0.1) is 16.9 Å². The van der Waals surface area contributed by atoms with Crippen molar-refractivity contribution in [2.75, 3.05) is 25.1 Å². The number of methoxy groups -OCH3 is 1. The van der Waals surface area contributed by atoms with Crippen LogP contribution < -0.4 is 24.8 Å². The van der Waals surface area contributed by atoms with E-state index < -0.39 is 14.9 Å². The molecule has 0 heterocycles. The van der Waals surface area contributed by atoms with Crippen molar-refractivity contribution in [1.29, 1.82) is 5.41 Å². The zero-order valence-corrected chi connectivity index (χ0v) is 23.0. The van der Waals surface area contributed by atoms with Crippen molar-refractivity contribution < 1.29 is 22.8 Å². The van der Waals surface area contributed by atoms with Crippen molar-refractivity contribution in [1.82, 2.24) is 4.72 Å². The number of rotatable bonds is 13. The number of nitro groups is 1. The maximum Gasteiger partial charge on any atom is 0.269 e. The van der Waals surface area contributed by atoms with Crippen LogP contribution in [0.25, 0.3) is 0 Å². The van der Waals surface area contributed by atoms with Crippen LogP contribution in [0.5, 0.6) is 11.5 Å². The van der Waals surface area contributed by atoms with Gasteiger partial charge in [-0.2, -0.15) is 0 Å². The molecule has 0 aliphatic carbocycles. The summed E-state index contributed by atoms with van der Waals surface area (Å²) in [7, 11) is -2.38.